The highest BCUT2D eigenvalue weighted by molar-refractivity contribution is 6.23. The molecule has 0 amide bonds. The number of rotatable bonds is 2. The summed E-state index contributed by atoms with van der Waals surface area (Å²) in [7, 11) is 0. The zero-order chi connectivity index (χ0) is 28.1. The molecule has 4 nitrogen and oxygen atoms in total. The van der Waals surface area contributed by atoms with Crippen LogP contribution in [0.2, 0.25) is 0 Å². The number of oxazole rings is 1. The summed E-state index contributed by atoms with van der Waals surface area (Å²) in [5.74, 6) is 0.604. The molecule has 43 heavy (non-hydrogen) atoms. The summed E-state index contributed by atoms with van der Waals surface area (Å²) in [6, 6.07) is 46.8. The normalized spacial score (nSPS) is 12.2. The van der Waals surface area contributed by atoms with E-state index in [9.17, 15) is 0 Å². The molecule has 0 unspecified atom stereocenters. The molecule has 200 valence electrons. The van der Waals surface area contributed by atoms with E-state index >= 15 is 0 Å². The third-order valence-electron chi connectivity index (χ3n) is 8.76. The van der Waals surface area contributed by atoms with Crippen molar-refractivity contribution in [3.63, 3.8) is 0 Å². The van der Waals surface area contributed by atoms with Crippen molar-refractivity contribution < 1.29 is 8.83 Å². The summed E-state index contributed by atoms with van der Waals surface area (Å²) in [4.78, 5) is 4.77. The van der Waals surface area contributed by atoms with Crippen LogP contribution in [0.4, 0.5) is 0 Å². The van der Waals surface area contributed by atoms with Crippen molar-refractivity contribution in [2.75, 3.05) is 0 Å². The Kier molecular flexibility index (Phi) is 4.42. The van der Waals surface area contributed by atoms with Gasteiger partial charge in [0, 0.05) is 27.1 Å². The largest absolute Gasteiger partial charge is 0.454 e. The van der Waals surface area contributed by atoms with Gasteiger partial charge in [-0.1, -0.05) is 78.9 Å². The Labute approximate surface area is 245 Å². The van der Waals surface area contributed by atoms with Crippen molar-refractivity contribution in [3.05, 3.63) is 133 Å². The molecule has 0 spiro atoms. The van der Waals surface area contributed by atoms with Gasteiger partial charge in [0.1, 0.15) is 11.1 Å². The first-order valence-electron chi connectivity index (χ1n) is 14.5. The number of aromatic nitrogens is 2. The third kappa shape index (κ3) is 3.18. The molecule has 10 aromatic rings. The van der Waals surface area contributed by atoms with Crippen molar-refractivity contribution in [1.29, 1.82) is 0 Å². The maximum atomic E-state index is 6.78. The Hall–Kier alpha value is -5.87. The second kappa shape index (κ2) is 8.34. The number of hydrogen-bond donors (Lipinski definition) is 0. The second-order valence-corrected chi connectivity index (χ2v) is 11.2. The average Bonchev–Trinajstić information content (AvgIpc) is 3.75. The van der Waals surface area contributed by atoms with Gasteiger partial charge < -0.3 is 13.4 Å². The Morgan fingerprint density at radius 1 is 0.488 bits per heavy atom. The van der Waals surface area contributed by atoms with E-state index in [0.29, 0.717) is 5.89 Å². The Morgan fingerprint density at radius 3 is 2.12 bits per heavy atom. The van der Waals surface area contributed by atoms with Crippen LogP contribution < -0.4 is 0 Å². The predicted molar refractivity (Wildman–Crippen MR) is 176 cm³/mol. The topological polar surface area (TPSA) is 44.1 Å². The van der Waals surface area contributed by atoms with E-state index < -0.39 is 0 Å². The fourth-order valence-electron chi connectivity index (χ4n) is 6.82. The molecule has 0 atom stereocenters. The predicted octanol–water partition coefficient (Wildman–Crippen LogP) is 10.8. The van der Waals surface area contributed by atoms with Gasteiger partial charge in [0.25, 0.3) is 0 Å². The number of hydrogen-bond acceptors (Lipinski definition) is 3. The molecule has 0 radical (unpaired) electrons. The van der Waals surface area contributed by atoms with Crippen molar-refractivity contribution >= 4 is 76.4 Å². The molecule has 0 fully saturated rings. The lowest BCUT2D eigenvalue weighted by molar-refractivity contribution is 0.620. The zero-order valence-corrected chi connectivity index (χ0v) is 22.9. The zero-order valence-electron chi connectivity index (χ0n) is 22.9. The van der Waals surface area contributed by atoms with Crippen molar-refractivity contribution in [3.8, 4) is 17.1 Å². The van der Waals surface area contributed by atoms with Crippen LogP contribution in [0.1, 0.15) is 0 Å². The molecule has 0 bridgehead atoms. The molecular weight excluding hydrogens is 528 g/mol. The highest BCUT2D eigenvalue weighted by Gasteiger charge is 2.21. The number of benzene rings is 7. The van der Waals surface area contributed by atoms with E-state index in [0.717, 1.165) is 66.1 Å². The minimum Gasteiger partial charge on any atom is -0.454 e. The van der Waals surface area contributed by atoms with Crippen molar-refractivity contribution in [1.82, 2.24) is 9.55 Å². The van der Waals surface area contributed by atoms with Crippen LogP contribution in [0.25, 0.3) is 93.5 Å². The van der Waals surface area contributed by atoms with Crippen LogP contribution in [0.15, 0.2) is 142 Å². The minimum absolute atomic E-state index is 0.604. The third-order valence-corrected chi connectivity index (χ3v) is 8.76. The number of furan rings is 1. The fraction of sp³-hybridized carbons (Fsp3) is 0. The lowest BCUT2D eigenvalue weighted by atomic mass is 10.0. The van der Waals surface area contributed by atoms with Crippen LogP contribution in [0, 0.1) is 0 Å². The molecule has 0 aliphatic rings. The summed E-state index contributed by atoms with van der Waals surface area (Å²) < 4.78 is 15.3. The quantitative estimate of drug-likeness (QED) is 0.215. The lowest BCUT2D eigenvalue weighted by Gasteiger charge is -2.11. The second-order valence-electron chi connectivity index (χ2n) is 11.2. The summed E-state index contributed by atoms with van der Waals surface area (Å²) >= 11 is 0. The highest BCUT2D eigenvalue weighted by atomic mass is 16.3. The van der Waals surface area contributed by atoms with E-state index in [-0.39, 0.29) is 0 Å². The molecule has 0 N–H and O–H groups in total. The van der Waals surface area contributed by atoms with Gasteiger partial charge in [-0.3, -0.25) is 0 Å². The van der Waals surface area contributed by atoms with Crippen LogP contribution >= 0.6 is 0 Å². The molecule has 7 aromatic carbocycles. The number of fused-ring (bicyclic) bond motifs is 10. The highest BCUT2D eigenvalue weighted by Crippen LogP contribution is 2.43. The van der Waals surface area contributed by atoms with Gasteiger partial charge in [0.05, 0.1) is 16.7 Å². The molecule has 3 aromatic heterocycles. The van der Waals surface area contributed by atoms with Gasteiger partial charge in [-0.25, -0.2) is 4.98 Å². The number of nitrogens with zero attached hydrogens (tertiary/aromatic N) is 2. The van der Waals surface area contributed by atoms with Gasteiger partial charge >= 0.3 is 0 Å². The first-order valence-corrected chi connectivity index (χ1v) is 14.5. The summed E-state index contributed by atoms with van der Waals surface area (Å²) in [5, 5.41) is 9.34. The van der Waals surface area contributed by atoms with Crippen LogP contribution in [-0.4, -0.2) is 9.55 Å². The SMILES string of the molecule is c1ccc2cc3c(cc2c1)c1ccccc1n3-c1cc2ccccc2c2c1oc1ccc(-c3nc4ccccc4o3)cc12. The standard InChI is InChI=1S/C39H22N2O2/c1-2-10-24-21-33-29(19-23(24)9-1)28-13-5-7-15-32(28)41(33)34-22-25-11-3-4-12-27(25)37-30-20-26(17-18-35(30)42-38(34)37)39-40-31-14-6-8-16-36(31)43-39/h1-22H. The van der Waals surface area contributed by atoms with E-state index in [1.807, 2.05) is 36.4 Å². The monoisotopic (exact) mass is 550 g/mol. The lowest BCUT2D eigenvalue weighted by Crippen LogP contribution is -1.95. The maximum Gasteiger partial charge on any atom is 0.227 e. The summed E-state index contributed by atoms with van der Waals surface area (Å²) in [5.41, 5.74) is 7.57. The van der Waals surface area contributed by atoms with E-state index in [4.69, 9.17) is 13.8 Å². The maximum absolute atomic E-state index is 6.78. The Morgan fingerprint density at radius 2 is 1.23 bits per heavy atom. The molecule has 3 heterocycles. The van der Waals surface area contributed by atoms with Gasteiger partial charge in [-0.15, -0.1) is 0 Å². The fourth-order valence-corrected chi connectivity index (χ4v) is 6.82. The first kappa shape index (κ1) is 22.8. The van der Waals surface area contributed by atoms with Gasteiger partial charge in [0.2, 0.25) is 5.89 Å². The molecule has 0 saturated heterocycles. The molecule has 0 aliphatic heterocycles. The Balaban J connectivity index is 1.33. The number of para-hydroxylation sites is 3. The Bertz CT molecular complexity index is 2710. The first-order chi connectivity index (χ1) is 21.3. The van der Waals surface area contributed by atoms with Crippen molar-refractivity contribution in [2.24, 2.45) is 0 Å². The molecular formula is C39H22N2O2. The smallest absolute Gasteiger partial charge is 0.227 e. The van der Waals surface area contributed by atoms with Crippen molar-refractivity contribution in [2.45, 2.75) is 0 Å². The average molecular weight is 551 g/mol. The van der Waals surface area contributed by atoms with Crippen LogP contribution in [0.5, 0.6) is 0 Å². The van der Waals surface area contributed by atoms with Gasteiger partial charge in [0.15, 0.2) is 11.2 Å². The van der Waals surface area contributed by atoms with E-state index in [1.54, 1.807) is 0 Å². The van der Waals surface area contributed by atoms with Crippen LogP contribution in [0.3, 0.4) is 0 Å². The summed E-state index contributed by atoms with van der Waals surface area (Å²) in [6.07, 6.45) is 0. The molecule has 10 rings (SSSR count). The van der Waals surface area contributed by atoms with E-state index in [1.165, 1.54) is 21.5 Å². The molecule has 0 aliphatic carbocycles. The summed E-state index contributed by atoms with van der Waals surface area (Å²) in [6.45, 7) is 0. The molecule has 4 heteroatoms. The molecule has 0 saturated carbocycles. The van der Waals surface area contributed by atoms with Gasteiger partial charge in [-0.05, 0) is 76.1 Å². The van der Waals surface area contributed by atoms with E-state index in [2.05, 4.69) is 102 Å². The van der Waals surface area contributed by atoms with Crippen LogP contribution in [-0.2, 0) is 0 Å². The minimum atomic E-state index is 0.604. The van der Waals surface area contributed by atoms with Gasteiger partial charge in [-0.2, -0.15) is 0 Å².